The molecule has 2 aromatic carbocycles. The monoisotopic (exact) mass is 458 g/mol. The van der Waals surface area contributed by atoms with E-state index in [0.717, 1.165) is 16.9 Å². The second-order valence-electron chi connectivity index (χ2n) is 6.55. The average Bonchev–Trinajstić information content (AvgIpc) is 3.32. The Kier molecular flexibility index (Phi) is 7.43. The molecule has 0 saturated heterocycles. The van der Waals surface area contributed by atoms with E-state index in [1.165, 1.54) is 18.2 Å². The fourth-order valence-electron chi connectivity index (χ4n) is 2.84. The van der Waals surface area contributed by atoms with E-state index < -0.39 is 22.6 Å². The van der Waals surface area contributed by atoms with E-state index in [1.54, 1.807) is 28.5 Å². The maximum absolute atomic E-state index is 12.6. The van der Waals surface area contributed by atoms with Crippen LogP contribution in [0.5, 0.6) is 0 Å². The number of hydrogen-bond donors (Lipinski definition) is 1. The molecule has 1 amide bonds. The molecule has 0 spiro atoms. The number of anilines is 1. The fraction of sp³-hybridized carbons (Fsp3) is 0.182. The van der Waals surface area contributed by atoms with Crippen LogP contribution in [0.3, 0.4) is 0 Å². The lowest BCUT2D eigenvalue weighted by atomic mass is 10.2. The molecule has 9 heteroatoms. The number of esters is 1. The number of carbonyl (C=O) groups is 2. The first kappa shape index (κ1) is 22.5. The first-order valence-corrected chi connectivity index (χ1v) is 11.9. The molecule has 0 saturated carbocycles. The van der Waals surface area contributed by atoms with Gasteiger partial charge in [0.15, 0.2) is 6.61 Å². The average molecular weight is 459 g/mol. The maximum Gasteiger partial charge on any atom is 0.340 e. The van der Waals surface area contributed by atoms with Crippen molar-refractivity contribution in [3.05, 3.63) is 83.2 Å². The van der Waals surface area contributed by atoms with E-state index >= 15 is 0 Å². The summed E-state index contributed by atoms with van der Waals surface area (Å²) in [5.41, 5.74) is 1.09. The zero-order valence-corrected chi connectivity index (χ0v) is 18.5. The zero-order chi connectivity index (χ0) is 22.3. The van der Waals surface area contributed by atoms with E-state index in [9.17, 15) is 18.0 Å². The van der Waals surface area contributed by atoms with Crippen LogP contribution in [0.2, 0.25) is 0 Å². The van der Waals surface area contributed by atoms with Crippen molar-refractivity contribution in [1.82, 2.24) is 4.90 Å². The van der Waals surface area contributed by atoms with E-state index in [4.69, 9.17) is 4.74 Å². The summed E-state index contributed by atoms with van der Waals surface area (Å²) in [7, 11) is -3.82. The lowest BCUT2D eigenvalue weighted by molar-refractivity contribution is -0.134. The highest BCUT2D eigenvalue weighted by atomic mass is 32.2. The van der Waals surface area contributed by atoms with E-state index in [1.807, 2.05) is 37.3 Å². The van der Waals surface area contributed by atoms with Gasteiger partial charge in [0.2, 0.25) is 0 Å². The van der Waals surface area contributed by atoms with Crippen molar-refractivity contribution in [1.29, 1.82) is 0 Å². The highest BCUT2D eigenvalue weighted by Crippen LogP contribution is 2.23. The van der Waals surface area contributed by atoms with Crippen LogP contribution < -0.4 is 4.72 Å². The van der Waals surface area contributed by atoms with Crippen LogP contribution in [0, 0.1) is 0 Å². The lowest BCUT2D eigenvalue weighted by Gasteiger charge is -2.21. The molecule has 0 bridgehead atoms. The number of hydrogen-bond acceptors (Lipinski definition) is 6. The first-order valence-electron chi connectivity index (χ1n) is 9.55. The van der Waals surface area contributed by atoms with Gasteiger partial charge >= 0.3 is 5.97 Å². The Morgan fingerprint density at radius 3 is 2.39 bits per heavy atom. The van der Waals surface area contributed by atoms with Crippen molar-refractivity contribution >= 4 is 38.9 Å². The van der Waals surface area contributed by atoms with Gasteiger partial charge in [0, 0.05) is 13.1 Å². The molecule has 1 aromatic heterocycles. The molecule has 0 aliphatic carbocycles. The Bertz CT molecular complexity index is 1130. The van der Waals surface area contributed by atoms with Crippen molar-refractivity contribution in [2.45, 2.75) is 17.7 Å². The highest BCUT2D eigenvalue weighted by Gasteiger charge is 2.21. The van der Waals surface area contributed by atoms with Crippen molar-refractivity contribution in [2.24, 2.45) is 0 Å². The number of nitrogens with zero attached hydrogens (tertiary/aromatic N) is 1. The summed E-state index contributed by atoms with van der Waals surface area (Å²) in [6.45, 7) is 2.27. The largest absolute Gasteiger partial charge is 0.452 e. The first-order chi connectivity index (χ1) is 14.9. The minimum absolute atomic E-state index is 0.0292. The summed E-state index contributed by atoms with van der Waals surface area (Å²) < 4.78 is 32.7. The van der Waals surface area contributed by atoms with E-state index in [-0.39, 0.29) is 21.4 Å². The van der Waals surface area contributed by atoms with Crippen LogP contribution in [0.4, 0.5) is 5.69 Å². The minimum atomic E-state index is -3.82. The molecular weight excluding hydrogens is 436 g/mol. The maximum atomic E-state index is 12.6. The number of para-hydroxylation sites is 1. The second-order valence-corrected chi connectivity index (χ2v) is 9.41. The minimum Gasteiger partial charge on any atom is -0.452 e. The lowest BCUT2D eigenvalue weighted by Crippen LogP contribution is -2.34. The van der Waals surface area contributed by atoms with Crippen LogP contribution >= 0.6 is 11.3 Å². The molecule has 0 atom stereocenters. The summed E-state index contributed by atoms with van der Waals surface area (Å²) in [6, 6.07) is 18.7. The van der Waals surface area contributed by atoms with Gasteiger partial charge in [-0.2, -0.15) is 0 Å². The summed E-state index contributed by atoms with van der Waals surface area (Å²) in [5, 5.41) is 1.65. The predicted octanol–water partition coefficient (Wildman–Crippen LogP) is 3.75. The number of benzene rings is 2. The Hall–Kier alpha value is -3.17. The number of likely N-dealkylation sites (N-methyl/N-ethyl adjacent to an activating group) is 1. The van der Waals surface area contributed by atoms with Crippen molar-refractivity contribution in [3.8, 4) is 0 Å². The van der Waals surface area contributed by atoms with Gasteiger partial charge in [-0.3, -0.25) is 9.52 Å². The third kappa shape index (κ3) is 5.93. The molecule has 0 fully saturated rings. The number of thiophene rings is 1. The summed E-state index contributed by atoms with van der Waals surface area (Å²) in [6.07, 6.45) is 0. The molecule has 3 rings (SSSR count). The third-order valence-electron chi connectivity index (χ3n) is 4.43. The number of carbonyl (C=O) groups excluding carboxylic acids is 2. The standard InChI is InChI=1S/C22H22N2O5S2/c1-2-24(15-17-9-4-3-5-10-17)20(25)16-29-22(26)18-11-6-7-12-19(18)23-31(27,28)21-13-8-14-30-21/h3-14,23H,2,15-16H2,1H3. The van der Waals surface area contributed by atoms with Crippen LogP contribution in [-0.2, 0) is 26.1 Å². The molecule has 0 unspecified atom stereocenters. The number of amides is 1. The van der Waals surface area contributed by atoms with Gasteiger partial charge in [-0.1, -0.05) is 48.5 Å². The van der Waals surface area contributed by atoms with Gasteiger partial charge in [0.25, 0.3) is 15.9 Å². The summed E-state index contributed by atoms with van der Waals surface area (Å²) >= 11 is 1.07. The van der Waals surface area contributed by atoms with Gasteiger partial charge < -0.3 is 9.64 Å². The molecule has 0 radical (unpaired) electrons. The Labute approximate surface area is 185 Å². The van der Waals surface area contributed by atoms with Crippen LogP contribution in [-0.4, -0.2) is 38.3 Å². The number of nitrogens with one attached hydrogen (secondary N) is 1. The zero-order valence-electron chi connectivity index (χ0n) is 16.9. The van der Waals surface area contributed by atoms with Crippen molar-refractivity contribution < 1.29 is 22.7 Å². The van der Waals surface area contributed by atoms with Gasteiger partial charge in [-0.05, 0) is 36.1 Å². The molecular formula is C22H22N2O5S2. The molecule has 0 aliphatic rings. The SMILES string of the molecule is CCN(Cc1ccccc1)C(=O)COC(=O)c1ccccc1NS(=O)(=O)c1cccs1. The van der Waals surface area contributed by atoms with Gasteiger partial charge in [-0.25, -0.2) is 13.2 Å². The van der Waals surface area contributed by atoms with Gasteiger partial charge in [0.1, 0.15) is 4.21 Å². The highest BCUT2D eigenvalue weighted by molar-refractivity contribution is 7.94. The smallest absolute Gasteiger partial charge is 0.340 e. The van der Waals surface area contributed by atoms with Crippen LogP contribution in [0.25, 0.3) is 0 Å². The number of ether oxygens (including phenoxy) is 1. The number of rotatable bonds is 9. The molecule has 0 aliphatic heterocycles. The Morgan fingerprint density at radius 1 is 1.00 bits per heavy atom. The van der Waals surface area contributed by atoms with Crippen LogP contribution in [0.1, 0.15) is 22.8 Å². The molecule has 1 N–H and O–H groups in total. The van der Waals surface area contributed by atoms with Gasteiger partial charge in [-0.15, -0.1) is 11.3 Å². The molecule has 31 heavy (non-hydrogen) atoms. The Morgan fingerprint density at radius 2 is 1.71 bits per heavy atom. The summed E-state index contributed by atoms with van der Waals surface area (Å²) in [5.74, 6) is -1.12. The third-order valence-corrected chi connectivity index (χ3v) is 7.19. The molecule has 7 nitrogen and oxygen atoms in total. The van der Waals surface area contributed by atoms with Crippen molar-refractivity contribution in [2.75, 3.05) is 17.9 Å². The predicted molar refractivity (Wildman–Crippen MR) is 119 cm³/mol. The normalized spacial score (nSPS) is 11.0. The molecule has 1 heterocycles. The van der Waals surface area contributed by atoms with Crippen molar-refractivity contribution in [3.63, 3.8) is 0 Å². The fourth-order valence-corrected chi connectivity index (χ4v) is 4.91. The molecule has 162 valence electrons. The topological polar surface area (TPSA) is 92.8 Å². The quantitative estimate of drug-likeness (QED) is 0.493. The van der Waals surface area contributed by atoms with Crippen LogP contribution in [0.15, 0.2) is 76.3 Å². The number of sulfonamides is 1. The van der Waals surface area contributed by atoms with E-state index in [2.05, 4.69) is 4.72 Å². The van der Waals surface area contributed by atoms with E-state index in [0.29, 0.717) is 13.1 Å². The molecule has 3 aromatic rings. The second kappa shape index (κ2) is 10.2. The van der Waals surface area contributed by atoms with Gasteiger partial charge in [0.05, 0.1) is 11.3 Å². The summed E-state index contributed by atoms with van der Waals surface area (Å²) in [4.78, 5) is 26.7. The Balaban J connectivity index is 1.66.